The fourth-order valence-electron chi connectivity index (χ4n) is 3.97. The Hall–Kier alpha value is -1.76. The van der Waals surface area contributed by atoms with Gasteiger partial charge in [0, 0.05) is 6.42 Å². The zero-order valence-electron chi connectivity index (χ0n) is 10.7. The number of piperidine rings is 1. The van der Waals surface area contributed by atoms with Crippen LogP contribution in [-0.2, 0) is 23.9 Å². The number of nitrogens with one attached hydrogen (secondary N) is 1. The molecule has 0 aromatic heterocycles. The van der Waals surface area contributed by atoms with Crippen molar-refractivity contribution in [3.8, 4) is 0 Å². The predicted octanol–water partition coefficient (Wildman–Crippen LogP) is -1.05. The van der Waals surface area contributed by atoms with Crippen molar-refractivity contribution in [1.82, 2.24) is 10.2 Å². The highest BCUT2D eigenvalue weighted by Gasteiger charge is 2.64. The molecule has 0 saturated carbocycles. The van der Waals surface area contributed by atoms with Crippen molar-refractivity contribution in [2.75, 3.05) is 0 Å². The first-order chi connectivity index (χ1) is 9.58. The summed E-state index contributed by atoms with van der Waals surface area (Å²) in [6.45, 7) is 0. The van der Waals surface area contributed by atoms with Gasteiger partial charge >= 0.3 is 0 Å². The Balaban J connectivity index is 1.64. The zero-order valence-corrected chi connectivity index (χ0v) is 10.7. The zero-order chi connectivity index (χ0) is 14.0. The summed E-state index contributed by atoms with van der Waals surface area (Å²) in [6, 6.07) is -0.835. The number of carbonyl (C=O) groups is 4. The third kappa shape index (κ3) is 1.38. The quantitative estimate of drug-likeness (QED) is 0.618. The SMILES string of the molecule is O=C1CC[C@H](N2C(=O)[C@@H]3[C@H](C2=O)[C@@H]2CC[C@H]3O2)C(=O)N1. The molecular formula is C13H14N2O5. The Morgan fingerprint density at radius 2 is 1.55 bits per heavy atom. The summed E-state index contributed by atoms with van der Waals surface area (Å²) in [7, 11) is 0. The second-order valence-corrected chi connectivity index (χ2v) is 5.86. The van der Waals surface area contributed by atoms with Crippen LogP contribution in [0.25, 0.3) is 0 Å². The fourth-order valence-corrected chi connectivity index (χ4v) is 3.97. The van der Waals surface area contributed by atoms with Gasteiger partial charge in [-0.2, -0.15) is 0 Å². The number of nitrogens with zero attached hydrogens (tertiary/aromatic N) is 1. The lowest BCUT2D eigenvalue weighted by atomic mass is 9.81. The average Bonchev–Trinajstić information content (AvgIpc) is 3.06. The number of amides is 4. The van der Waals surface area contributed by atoms with E-state index >= 15 is 0 Å². The monoisotopic (exact) mass is 278 g/mol. The van der Waals surface area contributed by atoms with Crippen LogP contribution in [0, 0.1) is 11.8 Å². The molecule has 0 unspecified atom stereocenters. The molecule has 4 aliphatic rings. The first-order valence-corrected chi connectivity index (χ1v) is 6.94. The maximum absolute atomic E-state index is 12.5. The number of hydrogen-bond acceptors (Lipinski definition) is 5. The molecule has 0 aromatic rings. The Labute approximate surface area is 114 Å². The summed E-state index contributed by atoms with van der Waals surface area (Å²) in [5.74, 6) is -2.35. The topological polar surface area (TPSA) is 92.8 Å². The number of carbonyl (C=O) groups excluding carboxylic acids is 4. The van der Waals surface area contributed by atoms with E-state index in [-0.39, 0.29) is 42.8 Å². The Bertz CT molecular complexity index is 517. The minimum absolute atomic E-state index is 0.159. The molecule has 0 aromatic carbocycles. The maximum Gasteiger partial charge on any atom is 0.249 e. The molecular weight excluding hydrogens is 264 g/mol. The second kappa shape index (κ2) is 3.88. The van der Waals surface area contributed by atoms with Gasteiger partial charge in [-0.05, 0) is 19.3 Å². The van der Waals surface area contributed by atoms with Gasteiger partial charge in [0.05, 0.1) is 24.0 Å². The summed E-state index contributed by atoms with van der Waals surface area (Å²) in [5, 5.41) is 2.20. The van der Waals surface area contributed by atoms with Gasteiger partial charge in [0.25, 0.3) is 0 Å². The van der Waals surface area contributed by atoms with Gasteiger partial charge in [-0.25, -0.2) is 0 Å². The molecule has 5 atom stereocenters. The van der Waals surface area contributed by atoms with Crippen molar-refractivity contribution in [3.05, 3.63) is 0 Å². The number of fused-ring (bicyclic) bond motifs is 5. The molecule has 7 nitrogen and oxygen atoms in total. The van der Waals surface area contributed by atoms with Crippen LogP contribution in [0.5, 0.6) is 0 Å². The molecule has 0 spiro atoms. The van der Waals surface area contributed by atoms with Crippen molar-refractivity contribution in [2.24, 2.45) is 11.8 Å². The second-order valence-electron chi connectivity index (χ2n) is 5.86. The van der Waals surface area contributed by atoms with Crippen LogP contribution < -0.4 is 5.32 Å². The summed E-state index contributed by atoms with van der Waals surface area (Å²) in [5.41, 5.74) is 0. The molecule has 20 heavy (non-hydrogen) atoms. The highest BCUT2D eigenvalue weighted by Crippen LogP contribution is 2.49. The standard InChI is InChI=1S/C13H14N2O5/c16-8-4-1-5(11(17)14-8)15-12(18)9-6-2-3-7(20-6)10(9)13(15)19/h5-7,9-10H,1-4H2,(H,14,16,17)/t5-,6-,7+,9+,10-/m0/s1. The van der Waals surface area contributed by atoms with Crippen LogP contribution in [0.2, 0.25) is 0 Å². The molecule has 4 saturated heterocycles. The van der Waals surface area contributed by atoms with Gasteiger partial charge in [-0.15, -0.1) is 0 Å². The average molecular weight is 278 g/mol. The predicted molar refractivity (Wildman–Crippen MR) is 62.9 cm³/mol. The number of hydrogen-bond donors (Lipinski definition) is 1. The van der Waals surface area contributed by atoms with E-state index in [0.717, 1.165) is 17.7 Å². The summed E-state index contributed by atoms with van der Waals surface area (Å²) >= 11 is 0. The molecule has 0 aliphatic carbocycles. The molecule has 2 bridgehead atoms. The van der Waals surface area contributed by atoms with Gasteiger partial charge in [-0.3, -0.25) is 29.4 Å². The number of likely N-dealkylation sites (tertiary alicyclic amines) is 1. The van der Waals surface area contributed by atoms with E-state index in [1.54, 1.807) is 0 Å². The van der Waals surface area contributed by atoms with Crippen LogP contribution >= 0.6 is 0 Å². The third-order valence-electron chi connectivity index (χ3n) is 4.84. The summed E-state index contributed by atoms with van der Waals surface area (Å²) in [6.07, 6.45) is 1.62. The van der Waals surface area contributed by atoms with E-state index in [1.807, 2.05) is 0 Å². The molecule has 4 fully saturated rings. The summed E-state index contributed by atoms with van der Waals surface area (Å²) < 4.78 is 5.64. The first-order valence-electron chi connectivity index (χ1n) is 6.94. The van der Waals surface area contributed by atoms with Crippen LogP contribution in [0.4, 0.5) is 0 Å². The number of ether oxygens (including phenoxy) is 1. The van der Waals surface area contributed by atoms with Crippen molar-refractivity contribution < 1.29 is 23.9 Å². The van der Waals surface area contributed by atoms with E-state index in [4.69, 9.17) is 4.74 Å². The smallest absolute Gasteiger partial charge is 0.249 e. The number of rotatable bonds is 1. The molecule has 7 heteroatoms. The largest absolute Gasteiger partial charge is 0.373 e. The highest BCUT2D eigenvalue weighted by atomic mass is 16.5. The van der Waals surface area contributed by atoms with E-state index < -0.39 is 23.8 Å². The van der Waals surface area contributed by atoms with E-state index in [0.29, 0.717) is 0 Å². The molecule has 4 heterocycles. The highest BCUT2D eigenvalue weighted by molar-refractivity contribution is 6.11. The van der Waals surface area contributed by atoms with Crippen LogP contribution in [-0.4, -0.2) is 46.8 Å². The minimum atomic E-state index is -0.835. The fraction of sp³-hybridized carbons (Fsp3) is 0.692. The van der Waals surface area contributed by atoms with Crippen molar-refractivity contribution in [3.63, 3.8) is 0 Å². The van der Waals surface area contributed by atoms with Gasteiger partial charge in [0.2, 0.25) is 23.6 Å². The molecule has 1 N–H and O–H groups in total. The van der Waals surface area contributed by atoms with Gasteiger partial charge < -0.3 is 4.74 Å². The lowest BCUT2D eigenvalue weighted by Gasteiger charge is -2.29. The van der Waals surface area contributed by atoms with Crippen molar-refractivity contribution >= 4 is 23.6 Å². The molecule has 4 rings (SSSR count). The lowest BCUT2D eigenvalue weighted by molar-refractivity contribution is -0.153. The van der Waals surface area contributed by atoms with Crippen LogP contribution in [0.1, 0.15) is 25.7 Å². The van der Waals surface area contributed by atoms with Crippen LogP contribution in [0.15, 0.2) is 0 Å². The van der Waals surface area contributed by atoms with Gasteiger partial charge in [-0.1, -0.05) is 0 Å². The Morgan fingerprint density at radius 1 is 0.950 bits per heavy atom. The van der Waals surface area contributed by atoms with Gasteiger partial charge in [0.1, 0.15) is 6.04 Å². The Kier molecular flexibility index (Phi) is 2.33. The normalized spacial score (nSPS) is 43.2. The first kappa shape index (κ1) is 12.0. The molecule has 106 valence electrons. The van der Waals surface area contributed by atoms with E-state index in [9.17, 15) is 19.2 Å². The molecule has 0 radical (unpaired) electrons. The van der Waals surface area contributed by atoms with E-state index in [2.05, 4.69) is 5.32 Å². The lowest BCUT2D eigenvalue weighted by Crippen LogP contribution is -2.55. The van der Waals surface area contributed by atoms with Crippen molar-refractivity contribution in [2.45, 2.75) is 43.9 Å². The van der Waals surface area contributed by atoms with Gasteiger partial charge in [0.15, 0.2) is 0 Å². The van der Waals surface area contributed by atoms with Crippen LogP contribution in [0.3, 0.4) is 0 Å². The molecule has 4 aliphatic heterocycles. The molecule has 4 amide bonds. The summed E-state index contributed by atoms with van der Waals surface area (Å²) in [4.78, 5) is 49.1. The number of imide groups is 2. The minimum Gasteiger partial charge on any atom is -0.373 e. The maximum atomic E-state index is 12.5. The Morgan fingerprint density at radius 3 is 2.10 bits per heavy atom. The van der Waals surface area contributed by atoms with E-state index in [1.165, 1.54) is 0 Å². The van der Waals surface area contributed by atoms with Crippen molar-refractivity contribution in [1.29, 1.82) is 0 Å². The third-order valence-corrected chi connectivity index (χ3v) is 4.84.